The van der Waals surface area contributed by atoms with Crippen molar-refractivity contribution in [2.75, 3.05) is 14.1 Å². The Morgan fingerprint density at radius 2 is 1.71 bits per heavy atom. The number of hydrogen-bond donors (Lipinski definition) is 0. The van der Waals surface area contributed by atoms with Crippen LogP contribution in [-0.2, 0) is 9.53 Å². The number of nitrogens with zero attached hydrogens (tertiary/aromatic N) is 2. The Balaban J connectivity index is 1.88. The molecule has 0 spiro atoms. The van der Waals surface area contributed by atoms with Crippen LogP contribution in [0.5, 0.6) is 0 Å². The predicted octanol–water partition coefficient (Wildman–Crippen LogP) is 4.76. The van der Waals surface area contributed by atoms with E-state index in [-0.39, 0.29) is 5.91 Å². The van der Waals surface area contributed by atoms with Crippen molar-refractivity contribution in [1.82, 2.24) is 9.88 Å². The van der Waals surface area contributed by atoms with Crippen LogP contribution in [-0.4, -0.2) is 35.9 Å². The van der Waals surface area contributed by atoms with Crippen molar-refractivity contribution in [3.8, 4) is 10.6 Å². The number of hydrogen-bond acceptors (Lipinski definition) is 5. The second-order valence-electron chi connectivity index (χ2n) is 6.37. The standard InChI is InChI=1S/C21H19ClN2O3S/c1-13-18(28-19(23-13)15-9-11-16(22)12-10-15)21(26)27-17(20(25)24(2)3)14-7-5-4-6-8-14/h4-12,17H,1-3H3. The Morgan fingerprint density at radius 1 is 1.07 bits per heavy atom. The molecule has 28 heavy (non-hydrogen) atoms. The molecular formula is C21H19ClN2O3S. The summed E-state index contributed by atoms with van der Waals surface area (Å²) in [6.07, 6.45) is -1.01. The minimum absolute atomic E-state index is 0.306. The van der Waals surface area contributed by atoms with Crippen molar-refractivity contribution >= 4 is 34.8 Å². The highest BCUT2D eigenvalue weighted by Crippen LogP contribution is 2.31. The van der Waals surface area contributed by atoms with Crippen molar-refractivity contribution in [2.24, 2.45) is 0 Å². The van der Waals surface area contributed by atoms with Crippen molar-refractivity contribution < 1.29 is 14.3 Å². The summed E-state index contributed by atoms with van der Waals surface area (Å²) in [4.78, 5) is 31.7. The first-order chi connectivity index (χ1) is 13.4. The smallest absolute Gasteiger partial charge is 0.351 e. The van der Waals surface area contributed by atoms with Gasteiger partial charge in [0, 0.05) is 30.2 Å². The minimum Gasteiger partial charge on any atom is -0.443 e. The second kappa shape index (κ2) is 8.54. The number of thiazole rings is 1. The van der Waals surface area contributed by atoms with Gasteiger partial charge in [0.2, 0.25) is 6.10 Å². The Labute approximate surface area is 172 Å². The number of benzene rings is 2. The molecule has 0 saturated carbocycles. The van der Waals surface area contributed by atoms with Gasteiger partial charge in [-0.1, -0.05) is 54.1 Å². The number of esters is 1. The van der Waals surface area contributed by atoms with E-state index < -0.39 is 12.1 Å². The Bertz CT molecular complexity index is 985. The maximum absolute atomic E-state index is 12.8. The van der Waals surface area contributed by atoms with E-state index in [9.17, 15) is 9.59 Å². The van der Waals surface area contributed by atoms with Crippen LogP contribution in [0.3, 0.4) is 0 Å². The lowest BCUT2D eigenvalue weighted by atomic mass is 10.1. The Kier molecular flexibility index (Phi) is 6.11. The van der Waals surface area contributed by atoms with E-state index >= 15 is 0 Å². The van der Waals surface area contributed by atoms with Crippen LogP contribution in [0.2, 0.25) is 5.02 Å². The van der Waals surface area contributed by atoms with Gasteiger partial charge in [0.25, 0.3) is 5.91 Å². The molecule has 144 valence electrons. The van der Waals surface area contributed by atoms with E-state index in [0.29, 0.717) is 26.2 Å². The number of rotatable bonds is 5. The molecule has 1 heterocycles. The second-order valence-corrected chi connectivity index (χ2v) is 7.80. The van der Waals surface area contributed by atoms with Gasteiger partial charge < -0.3 is 9.64 Å². The summed E-state index contributed by atoms with van der Waals surface area (Å²) in [5.74, 6) is -0.876. The quantitative estimate of drug-likeness (QED) is 0.565. The number of ether oxygens (including phenoxy) is 1. The fourth-order valence-corrected chi connectivity index (χ4v) is 3.67. The molecule has 0 N–H and O–H groups in total. The van der Waals surface area contributed by atoms with Crippen LogP contribution in [0.4, 0.5) is 0 Å². The van der Waals surface area contributed by atoms with Crippen LogP contribution in [0.25, 0.3) is 10.6 Å². The molecule has 2 aromatic carbocycles. The number of aromatic nitrogens is 1. The van der Waals surface area contributed by atoms with E-state index in [2.05, 4.69) is 4.98 Å². The number of aryl methyl sites for hydroxylation is 1. The number of carbonyl (C=O) groups is 2. The largest absolute Gasteiger partial charge is 0.443 e. The molecule has 0 aliphatic heterocycles. The third-order valence-electron chi connectivity index (χ3n) is 4.07. The molecule has 0 bridgehead atoms. The normalized spacial score (nSPS) is 11.7. The van der Waals surface area contributed by atoms with E-state index in [1.807, 2.05) is 18.2 Å². The van der Waals surface area contributed by atoms with Crippen LogP contribution in [0.15, 0.2) is 54.6 Å². The lowest BCUT2D eigenvalue weighted by Gasteiger charge is -2.21. The third-order valence-corrected chi connectivity index (χ3v) is 5.50. The molecule has 0 radical (unpaired) electrons. The summed E-state index contributed by atoms with van der Waals surface area (Å²) in [6.45, 7) is 1.75. The molecule has 7 heteroatoms. The molecule has 0 aliphatic carbocycles. The highest BCUT2D eigenvalue weighted by Gasteiger charge is 2.28. The Morgan fingerprint density at radius 3 is 2.32 bits per heavy atom. The number of halogens is 1. The minimum atomic E-state index is -1.01. The first kappa shape index (κ1) is 20.0. The van der Waals surface area contributed by atoms with Crippen LogP contribution in [0, 0.1) is 6.92 Å². The molecule has 1 aromatic heterocycles. The van der Waals surface area contributed by atoms with E-state index in [4.69, 9.17) is 16.3 Å². The van der Waals surface area contributed by atoms with Gasteiger partial charge in [-0.2, -0.15) is 0 Å². The summed E-state index contributed by atoms with van der Waals surface area (Å²) in [5, 5.41) is 1.32. The van der Waals surface area contributed by atoms with Gasteiger partial charge in [0.05, 0.1) is 5.69 Å². The molecule has 0 aliphatic rings. The first-order valence-corrected chi connectivity index (χ1v) is 9.76. The molecule has 0 fully saturated rings. The zero-order valence-corrected chi connectivity index (χ0v) is 17.3. The molecular weight excluding hydrogens is 396 g/mol. The van der Waals surface area contributed by atoms with Gasteiger partial charge >= 0.3 is 5.97 Å². The summed E-state index contributed by atoms with van der Waals surface area (Å²) >= 11 is 7.16. The highest BCUT2D eigenvalue weighted by molar-refractivity contribution is 7.17. The van der Waals surface area contributed by atoms with Gasteiger partial charge in [-0.15, -0.1) is 11.3 Å². The van der Waals surface area contributed by atoms with E-state index in [1.165, 1.54) is 16.2 Å². The highest BCUT2D eigenvalue weighted by atomic mass is 35.5. The lowest BCUT2D eigenvalue weighted by molar-refractivity contribution is -0.138. The zero-order valence-electron chi connectivity index (χ0n) is 15.7. The molecule has 0 saturated heterocycles. The molecule has 1 unspecified atom stereocenters. The van der Waals surface area contributed by atoms with Crippen molar-refractivity contribution in [2.45, 2.75) is 13.0 Å². The van der Waals surface area contributed by atoms with Crippen LogP contribution < -0.4 is 0 Å². The van der Waals surface area contributed by atoms with Crippen molar-refractivity contribution in [3.63, 3.8) is 0 Å². The third kappa shape index (κ3) is 4.40. The summed E-state index contributed by atoms with van der Waals surface area (Å²) in [5.41, 5.74) is 2.04. The topological polar surface area (TPSA) is 59.5 Å². The summed E-state index contributed by atoms with van der Waals surface area (Å²) in [6, 6.07) is 16.2. The van der Waals surface area contributed by atoms with Crippen LogP contribution >= 0.6 is 22.9 Å². The molecule has 5 nitrogen and oxygen atoms in total. The number of carbonyl (C=O) groups excluding carboxylic acids is 2. The molecule has 1 amide bonds. The van der Waals surface area contributed by atoms with E-state index in [0.717, 1.165) is 5.56 Å². The fraction of sp³-hybridized carbons (Fsp3) is 0.190. The first-order valence-electron chi connectivity index (χ1n) is 8.57. The fourth-order valence-electron chi connectivity index (χ4n) is 2.59. The summed E-state index contributed by atoms with van der Waals surface area (Å²) in [7, 11) is 3.26. The number of amides is 1. The van der Waals surface area contributed by atoms with Gasteiger partial charge in [0.15, 0.2) is 0 Å². The van der Waals surface area contributed by atoms with Crippen molar-refractivity contribution in [3.05, 3.63) is 75.8 Å². The maximum Gasteiger partial charge on any atom is 0.351 e. The summed E-state index contributed by atoms with van der Waals surface area (Å²) < 4.78 is 5.61. The Hall–Kier alpha value is -2.70. The average molecular weight is 415 g/mol. The van der Waals surface area contributed by atoms with Gasteiger partial charge in [0.1, 0.15) is 9.88 Å². The number of likely N-dealkylation sites (N-methyl/N-ethyl adjacent to an activating group) is 1. The van der Waals surface area contributed by atoms with Gasteiger partial charge in [-0.3, -0.25) is 4.79 Å². The SMILES string of the molecule is Cc1nc(-c2ccc(Cl)cc2)sc1C(=O)OC(C(=O)N(C)C)c1ccccc1. The molecule has 3 aromatic rings. The average Bonchev–Trinajstić information content (AvgIpc) is 3.08. The van der Waals surface area contributed by atoms with Crippen molar-refractivity contribution in [1.29, 1.82) is 0 Å². The van der Waals surface area contributed by atoms with Gasteiger partial charge in [-0.05, 0) is 19.1 Å². The maximum atomic E-state index is 12.8. The van der Waals surface area contributed by atoms with Gasteiger partial charge in [-0.25, -0.2) is 9.78 Å². The molecule has 1 atom stereocenters. The monoisotopic (exact) mass is 414 g/mol. The molecule has 3 rings (SSSR count). The van der Waals surface area contributed by atoms with E-state index in [1.54, 1.807) is 57.4 Å². The predicted molar refractivity (Wildman–Crippen MR) is 111 cm³/mol. The van der Waals surface area contributed by atoms with Crippen LogP contribution in [0.1, 0.15) is 27.0 Å². The lowest BCUT2D eigenvalue weighted by Crippen LogP contribution is -2.31. The zero-order chi connectivity index (χ0) is 20.3.